The third-order valence-electron chi connectivity index (χ3n) is 2.97. The number of fused-ring (bicyclic) bond motifs is 1. The van der Waals surface area contributed by atoms with Gasteiger partial charge in [-0.05, 0) is 11.5 Å². The topological polar surface area (TPSA) is 63.9 Å². The summed E-state index contributed by atoms with van der Waals surface area (Å²) in [5.74, 6) is 1.30. The highest BCUT2D eigenvalue weighted by Crippen LogP contribution is 2.36. The van der Waals surface area contributed by atoms with Gasteiger partial charge in [0.1, 0.15) is 11.6 Å². The van der Waals surface area contributed by atoms with Gasteiger partial charge in [0, 0.05) is 17.0 Å². The molecule has 0 amide bonds. The minimum Gasteiger partial charge on any atom is -0.495 e. The molecule has 4 heteroatoms. The van der Waals surface area contributed by atoms with Gasteiger partial charge in [-0.3, -0.25) is 5.10 Å². The zero-order chi connectivity index (χ0) is 12.5. The van der Waals surface area contributed by atoms with Crippen LogP contribution in [-0.2, 0) is 0 Å². The predicted molar refractivity (Wildman–Crippen MR) is 72.5 cm³/mol. The van der Waals surface area contributed by atoms with E-state index in [1.54, 1.807) is 13.2 Å². The first-order chi connectivity index (χ1) is 8.79. The summed E-state index contributed by atoms with van der Waals surface area (Å²) in [6.45, 7) is 0. The van der Waals surface area contributed by atoms with Gasteiger partial charge in [0.05, 0.1) is 12.8 Å². The Morgan fingerprint density at radius 3 is 2.72 bits per heavy atom. The van der Waals surface area contributed by atoms with E-state index in [9.17, 15) is 0 Å². The number of nitrogens with two attached hydrogens (primary N) is 1. The van der Waals surface area contributed by atoms with Crippen molar-refractivity contribution >= 4 is 16.6 Å². The van der Waals surface area contributed by atoms with Crippen molar-refractivity contribution in [3.05, 3.63) is 42.5 Å². The maximum absolute atomic E-state index is 5.64. The number of nitrogens with one attached hydrogen (secondary N) is 1. The van der Waals surface area contributed by atoms with E-state index in [1.165, 1.54) is 0 Å². The van der Waals surface area contributed by atoms with Gasteiger partial charge in [0.15, 0.2) is 0 Å². The zero-order valence-electron chi connectivity index (χ0n) is 9.97. The molecule has 0 aliphatic carbocycles. The van der Waals surface area contributed by atoms with Crippen LogP contribution in [0.4, 0.5) is 5.82 Å². The maximum Gasteiger partial charge on any atom is 0.145 e. The summed E-state index contributed by atoms with van der Waals surface area (Å²) in [6, 6.07) is 14.0. The maximum atomic E-state index is 5.64. The second kappa shape index (κ2) is 4.07. The Bertz CT molecular complexity index is 703. The van der Waals surface area contributed by atoms with Gasteiger partial charge in [0.2, 0.25) is 0 Å². The summed E-state index contributed by atoms with van der Waals surface area (Å²) in [7, 11) is 1.67. The summed E-state index contributed by atoms with van der Waals surface area (Å²) >= 11 is 0. The van der Waals surface area contributed by atoms with Crippen molar-refractivity contribution in [2.24, 2.45) is 0 Å². The van der Waals surface area contributed by atoms with E-state index < -0.39 is 0 Å². The molecule has 0 spiro atoms. The normalized spacial score (nSPS) is 10.7. The number of nitrogen functional groups attached to an aromatic ring is 1. The van der Waals surface area contributed by atoms with Crippen LogP contribution >= 0.6 is 0 Å². The molecule has 3 N–H and O–H groups in total. The van der Waals surface area contributed by atoms with Gasteiger partial charge < -0.3 is 10.5 Å². The minimum atomic E-state index is 0.472. The molecule has 1 aromatic heterocycles. The number of anilines is 1. The van der Waals surface area contributed by atoms with Crippen LogP contribution in [0.2, 0.25) is 0 Å². The van der Waals surface area contributed by atoms with Crippen LogP contribution in [0.15, 0.2) is 42.5 Å². The van der Waals surface area contributed by atoms with Crippen LogP contribution in [0.5, 0.6) is 5.75 Å². The molecule has 0 aliphatic rings. The van der Waals surface area contributed by atoms with Crippen LogP contribution in [0.1, 0.15) is 0 Å². The Balaban J connectivity index is 2.29. The van der Waals surface area contributed by atoms with Crippen LogP contribution in [0, 0.1) is 0 Å². The van der Waals surface area contributed by atoms with Gasteiger partial charge in [-0.25, -0.2) is 0 Å². The van der Waals surface area contributed by atoms with E-state index in [0.717, 1.165) is 27.8 Å². The first kappa shape index (κ1) is 10.7. The third kappa shape index (κ3) is 1.59. The van der Waals surface area contributed by atoms with E-state index in [4.69, 9.17) is 10.5 Å². The quantitative estimate of drug-likeness (QED) is 0.722. The number of ether oxygens (including phenoxy) is 1. The second-order valence-corrected chi connectivity index (χ2v) is 4.07. The van der Waals surface area contributed by atoms with E-state index in [1.807, 2.05) is 24.3 Å². The van der Waals surface area contributed by atoms with Gasteiger partial charge in [-0.15, -0.1) is 0 Å². The SMILES string of the molecule is COc1c(-c2cc(N)n[nH]2)ccc2ccccc12. The van der Waals surface area contributed by atoms with Gasteiger partial charge >= 0.3 is 0 Å². The lowest BCUT2D eigenvalue weighted by atomic mass is 10.0. The lowest BCUT2D eigenvalue weighted by Gasteiger charge is -2.10. The lowest BCUT2D eigenvalue weighted by Crippen LogP contribution is -1.90. The number of aromatic nitrogens is 2. The summed E-state index contributed by atoms with van der Waals surface area (Å²) in [5, 5.41) is 9.07. The van der Waals surface area contributed by atoms with Crippen molar-refractivity contribution in [2.75, 3.05) is 12.8 Å². The van der Waals surface area contributed by atoms with Crippen molar-refractivity contribution in [1.82, 2.24) is 10.2 Å². The molecule has 0 fully saturated rings. The zero-order valence-corrected chi connectivity index (χ0v) is 9.97. The Hall–Kier alpha value is -2.49. The van der Waals surface area contributed by atoms with E-state index in [-0.39, 0.29) is 0 Å². The molecule has 0 bridgehead atoms. The van der Waals surface area contributed by atoms with Crippen molar-refractivity contribution in [3.63, 3.8) is 0 Å². The molecule has 4 nitrogen and oxygen atoms in total. The van der Waals surface area contributed by atoms with Gasteiger partial charge in [0.25, 0.3) is 0 Å². The Morgan fingerprint density at radius 2 is 2.00 bits per heavy atom. The first-order valence-electron chi connectivity index (χ1n) is 5.66. The van der Waals surface area contributed by atoms with Crippen LogP contribution in [0.3, 0.4) is 0 Å². The van der Waals surface area contributed by atoms with Crippen molar-refractivity contribution < 1.29 is 4.74 Å². The summed E-state index contributed by atoms with van der Waals surface area (Å²) in [4.78, 5) is 0. The molecule has 3 rings (SSSR count). The number of aromatic amines is 1. The number of nitrogens with zero attached hydrogens (tertiary/aromatic N) is 1. The fourth-order valence-electron chi connectivity index (χ4n) is 2.15. The number of methoxy groups -OCH3 is 1. The largest absolute Gasteiger partial charge is 0.495 e. The number of hydrogen-bond donors (Lipinski definition) is 2. The smallest absolute Gasteiger partial charge is 0.145 e. The fourth-order valence-corrected chi connectivity index (χ4v) is 2.15. The highest BCUT2D eigenvalue weighted by atomic mass is 16.5. The molecular weight excluding hydrogens is 226 g/mol. The van der Waals surface area contributed by atoms with Gasteiger partial charge in [-0.1, -0.05) is 30.3 Å². The lowest BCUT2D eigenvalue weighted by molar-refractivity contribution is 0.421. The number of hydrogen-bond acceptors (Lipinski definition) is 3. The summed E-state index contributed by atoms with van der Waals surface area (Å²) in [5.41, 5.74) is 7.45. The molecule has 0 unspecified atom stereocenters. The van der Waals surface area contributed by atoms with Crippen molar-refractivity contribution in [2.45, 2.75) is 0 Å². The third-order valence-corrected chi connectivity index (χ3v) is 2.97. The Kier molecular flexibility index (Phi) is 2.41. The van der Waals surface area contributed by atoms with E-state index >= 15 is 0 Å². The number of benzene rings is 2. The molecule has 0 aliphatic heterocycles. The predicted octanol–water partition coefficient (Wildman–Crippen LogP) is 2.82. The molecule has 0 saturated heterocycles. The fraction of sp³-hybridized carbons (Fsp3) is 0.0714. The first-order valence-corrected chi connectivity index (χ1v) is 5.66. The van der Waals surface area contributed by atoms with Crippen LogP contribution in [-0.4, -0.2) is 17.3 Å². The standard InChI is InChI=1S/C14H13N3O/c1-18-14-10-5-3-2-4-9(10)6-7-11(14)12-8-13(15)17-16-12/h2-8H,1H3,(H3,15,16,17). The average molecular weight is 239 g/mol. The number of H-pyrrole nitrogens is 1. The Morgan fingerprint density at radius 1 is 1.17 bits per heavy atom. The van der Waals surface area contributed by atoms with Crippen molar-refractivity contribution in [1.29, 1.82) is 0 Å². The summed E-state index contributed by atoms with van der Waals surface area (Å²) in [6.07, 6.45) is 0. The monoisotopic (exact) mass is 239 g/mol. The second-order valence-electron chi connectivity index (χ2n) is 4.07. The molecule has 18 heavy (non-hydrogen) atoms. The average Bonchev–Trinajstić information content (AvgIpc) is 2.84. The van der Waals surface area contributed by atoms with Crippen LogP contribution < -0.4 is 10.5 Å². The minimum absolute atomic E-state index is 0.472. The molecule has 0 saturated carbocycles. The Labute approximate surface area is 104 Å². The summed E-state index contributed by atoms with van der Waals surface area (Å²) < 4.78 is 5.53. The molecule has 1 heterocycles. The highest BCUT2D eigenvalue weighted by molar-refractivity contribution is 5.94. The molecule has 0 atom stereocenters. The van der Waals surface area contributed by atoms with E-state index in [0.29, 0.717) is 5.82 Å². The molecule has 2 aromatic carbocycles. The van der Waals surface area contributed by atoms with Crippen LogP contribution in [0.25, 0.3) is 22.0 Å². The molecule has 90 valence electrons. The highest BCUT2D eigenvalue weighted by Gasteiger charge is 2.11. The van der Waals surface area contributed by atoms with Gasteiger partial charge in [-0.2, -0.15) is 5.10 Å². The van der Waals surface area contributed by atoms with E-state index in [2.05, 4.69) is 22.3 Å². The molecular formula is C14H13N3O. The molecule has 3 aromatic rings. The van der Waals surface area contributed by atoms with Crippen molar-refractivity contribution in [3.8, 4) is 17.0 Å². The number of rotatable bonds is 2. The molecule has 0 radical (unpaired) electrons.